The maximum absolute atomic E-state index is 11.3. The van der Waals surface area contributed by atoms with Gasteiger partial charge in [-0.1, -0.05) is 17.7 Å². The van der Waals surface area contributed by atoms with E-state index >= 15 is 0 Å². The lowest BCUT2D eigenvalue weighted by atomic mass is 10.2. The van der Waals surface area contributed by atoms with E-state index in [-0.39, 0.29) is 16.6 Å². The van der Waals surface area contributed by atoms with Gasteiger partial charge in [-0.3, -0.25) is 0 Å². The van der Waals surface area contributed by atoms with E-state index < -0.39 is 5.97 Å². The van der Waals surface area contributed by atoms with Crippen molar-refractivity contribution in [3.63, 3.8) is 0 Å². The second-order valence-corrected chi connectivity index (χ2v) is 4.59. The van der Waals surface area contributed by atoms with Crippen molar-refractivity contribution < 1.29 is 9.90 Å². The Morgan fingerprint density at radius 1 is 1.44 bits per heavy atom. The number of pyridine rings is 1. The fraction of sp³-hybridized carbons (Fsp3) is 0.250. The maximum atomic E-state index is 11.3. The molecule has 1 N–H and O–H groups in total. The standard InChI is InChI=1S/C12H10ClN3O2/c13-11-9(12(17)18)10(7-4-5-7)15-16(11)8-3-1-2-6-14-8/h1-3,6-7H,4-5H2,(H,17,18). The first kappa shape index (κ1) is 11.2. The van der Waals surface area contributed by atoms with Crippen molar-refractivity contribution in [3.05, 3.63) is 40.8 Å². The molecule has 1 aliphatic carbocycles. The van der Waals surface area contributed by atoms with Crippen LogP contribution in [0.15, 0.2) is 24.4 Å². The van der Waals surface area contributed by atoms with E-state index in [1.54, 1.807) is 24.4 Å². The number of aromatic carboxylic acids is 1. The Balaban J connectivity index is 2.17. The number of rotatable bonds is 3. The van der Waals surface area contributed by atoms with Crippen LogP contribution in [0, 0.1) is 0 Å². The number of hydrogen-bond donors (Lipinski definition) is 1. The Labute approximate surface area is 108 Å². The summed E-state index contributed by atoms with van der Waals surface area (Å²) in [5.41, 5.74) is 0.669. The first-order chi connectivity index (χ1) is 8.68. The zero-order valence-corrected chi connectivity index (χ0v) is 10.1. The van der Waals surface area contributed by atoms with Crippen molar-refractivity contribution in [2.75, 3.05) is 0 Å². The molecule has 2 aromatic rings. The lowest BCUT2D eigenvalue weighted by Crippen LogP contribution is -2.00. The normalized spacial score (nSPS) is 14.7. The second kappa shape index (κ2) is 4.10. The molecule has 0 spiro atoms. The molecule has 0 atom stereocenters. The molecule has 0 radical (unpaired) electrons. The van der Waals surface area contributed by atoms with Crippen LogP contribution in [-0.2, 0) is 0 Å². The first-order valence-electron chi connectivity index (χ1n) is 5.61. The fourth-order valence-electron chi connectivity index (χ4n) is 1.88. The zero-order chi connectivity index (χ0) is 12.7. The van der Waals surface area contributed by atoms with Gasteiger partial charge < -0.3 is 5.11 Å². The predicted molar refractivity (Wildman–Crippen MR) is 65.3 cm³/mol. The Hall–Kier alpha value is -1.88. The van der Waals surface area contributed by atoms with E-state index in [0.29, 0.717) is 11.5 Å². The molecule has 3 rings (SSSR count). The number of carboxylic acid groups (broad SMARTS) is 1. The Morgan fingerprint density at radius 2 is 2.22 bits per heavy atom. The third-order valence-corrected chi connectivity index (χ3v) is 3.25. The molecule has 0 aromatic carbocycles. The van der Waals surface area contributed by atoms with Crippen molar-refractivity contribution in [3.8, 4) is 5.82 Å². The molecule has 2 aromatic heterocycles. The van der Waals surface area contributed by atoms with E-state index in [2.05, 4.69) is 10.1 Å². The van der Waals surface area contributed by atoms with Gasteiger partial charge in [0.1, 0.15) is 10.7 Å². The van der Waals surface area contributed by atoms with E-state index in [1.165, 1.54) is 4.68 Å². The lowest BCUT2D eigenvalue weighted by Gasteiger charge is -2.00. The van der Waals surface area contributed by atoms with Gasteiger partial charge in [0, 0.05) is 12.1 Å². The zero-order valence-electron chi connectivity index (χ0n) is 9.38. The van der Waals surface area contributed by atoms with E-state index in [9.17, 15) is 9.90 Å². The average molecular weight is 264 g/mol. The molecule has 0 amide bonds. The molecule has 1 aliphatic rings. The second-order valence-electron chi connectivity index (χ2n) is 4.23. The topological polar surface area (TPSA) is 68.0 Å². The van der Waals surface area contributed by atoms with Gasteiger partial charge in [-0.05, 0) is 25.0 Å². The lowest BCUT2D eigenvalue weighted by molar-refractivity contribution is 0.0696. The van der Waals surface area contributed by atoms with E-state index in [1.807, 2.05) is 0 Å². The SMILES string of the molecule is O=C(O)c1c(C2CC2)nn(-c2ccccn2)c1Cl. The van der Waals surface area contributed by atoms with Crippen molar-refractivity contribution in [2.45, 2.75) is 18.8 Å². The molecule has 18 heavy (non-hydrogen) atoms. The molecule has 0 saturated heterocycles. The van der Waals surface area contributed by atoms with Gasteiger partial charge in [-0.2, -0.15) is 5.10 Å². The molecule has 0 bridgehead atoms. The van der Waals surface area contributed by atoms with Gasteiger partial charge in [-0.25, -0.2) is 14.5 Å². The van der Waals surface area contributed by atoms with Crippen LogP contribution in [0.5, 0.6) is 0 Å². The van der Waals surface area contributed by atoms with Gasteiger partial charge in [0.05, 0.1) is 5.69 Å². The van der Waals surface area contributed by atoms with Crippen LogP contribution in [0.2, 0.25) is 5.15 Å². The van der Waals surface area contributed by atoms with Gasteiger partial charge in [0.2, 0.25) is 0 Å². The quantitative estimate of drug-likeness (QED) is 0.924. The van der Waals surface area contributed by atoms with E-state index in [4.69, 9.17) is 11.6 Å². The summed E-state index contributed by atoms with van der Waals surface area (Å²) in [6.07, 6.45) is 3.55. The number of carboxylic acids is 1. The molecule has 5 nitrogen and oxygen atoms in total. The Bertz CT molecular complexity index is 605. The molecular formula is C12H10ClN3O2. The number of nitrogens with zero attached hydrogens (tertiary/aromatic N) is 3. The van der Waals surface area contributed by atoms with Crippen LogP contribution in [0.1, 0.15) is 34.8 Å². The molecule has 0 unspecified atom stereocenters. The highest BCUT2D eigenvalue weighted by molar-refractivity contribution is 6.33. The minimum absolute atomic E-state index is 0.102. The first-order valence-corrected chi connectivity index (χ1v) is 5.99. The minimum Gasteiger partial charge on any atom is -0.478 e. The van der Waals surface area contributed by atoms with Crippen LogP contribution in [0.25, 0.3) is 5.82 Å². The molecule has 0 aliphatic heterocycles. The Kier molecular flexibility index (Phi) is 2.56. The molecular weight excluding hydrogens is 254 g/mol. The molecule has 1 fully saturated rings. The van der Waals surface area contributed by atoms with Crippen LogP contribution >= 0.6 is 11.6 Å². The van der Waals surface area contributed by atoms with Crippen molar-refractivity contribution in [1.82, 2.24) is 14.8 Å². The summed E-state index contributed by atoms with van der Waals surface area (Å²) in [7, 11) is 0. The van der Waals surface area contributed by atoms with Gasteiger partial charge in [-0.15, -0.1) is 0 Å². The highest BCUT2D eigenvalue weighted by Crippen LogP contribution is 2.42. The van der Waals surface area contributed by atoms with E-state index in [0.717, 1.165) is 12.8 Å². The summed E-state index contributed by atoms with van der Waals surface area (Å²) >= 11 is 6.11. The summed E-state index contributed by atoms with van der Waals surface area (Å²) in [6, 6.07) is 5.32. The molecule has 2 heterocycles. The number of carbonyl (C=O) groups is 1. The monoisotopic (exact) mass is 263 g/mol. The van der Waals surface area contributed by atoms with Gasteiger partial charge in [0.25, 0.3) is 0 Å². The van der Waals surface area contributed by atoms with Crippen molar-refractivity contribution in [1.29, 1.82) is 0 Å². The fourth-order valence-corrected chi connectivity index (χ4v) is 2.19. The highest BCUT2D eigenvalue weighted by Gasteiger charge is 2.34. The predicted octanol–water partition coefficient (Wildman–Crippen LogP) is 2.50. The molecule has 6 heteroatoms. The largest absolute Gasteiger partial charge is 0.478 e. The van der Waals surface area contributed by atoms with Gasteiger partial charge in [0.15, 0.2) is 5.82 Å². The number of hydrogen-bond acceptors (Lipinski definition) is 3. The number of halogens is 1. The summed E-state index contributed by atoms with van der Waals surface area (Å²) in [5, 5.41) is 13.6. The molecule has 1 saturated carbocycles. The molecule has 92 valence electrons. The van der Waals surface area contributed by atoms with Crippen LogP contribution in [-0.4, -0.2) is 25.8 Å². The maximum Gasteiger partial charge on any atom is 0.340 e. The summed E-state index contributed by atoms with van der Waals surface area (Å²) < 4.78 is 1.39. The summed E-state index contributed by atoms with van der Waals surface area (Å²) in [5.74, 6) is -0.292. The summed E-state index contributed by atoms with van der Waals surface area (Å²) in [4.78, 5) is 15.4. The van der Waals surface area contributed by atoms with Crippen molar-refractivity contribution >= 4 is 17.6 Å². The van der Waals surface area contributed by atoms with Crippen molar-refractivity contribution in [2.24, 2.45) is 0 Å². The Morgan fingerprint density at radius 3 is 2.78 bits per heavy atom. The smallest absolute Gasteiger partial charge is 0.340 e. The average Bonchev–Trinajstić information content (AvgIpc) is 3.14. The van der Waals surface area contributed by atoms with Crippen LogP contribution in [0.4, 0.5) is 0 Å². The van der Waals surface area contributed by atoms with Crippen LogP contribution < -0.4 is 0 Å². The third-order valence-electron chi connectivity index (χ3n) is 2.90. The minimum atomic E-state index is -1.04. The highest BCUT2D eigenvalue weighted by atomic mass is 35.5. The summed E-state index contributed by atoms with van der Waals surface area (Å²) in [6.45, 7) is 0. The van der Waals surface area contributed by atoms with Crippen LogP contribution in [0.3, 0.4) is 0 Å². The van der Waals surface area contributed by atoms with Gasteiger partial charge >= 0.3 is 5.97 Å². The third kappa shape index (κ3) is 1.76. The number of aromatic nitrogens is 3.